The van der Waals surface area contributed by atoms with Crippen LogP contribution in [-0.2, 0) is 10.0 Å². The predicted molar refractivity (Wildman–Crippen MR) is 105 cm³/mol. The highest BCUT2D eigenvalue weighted by molar-refractivity contribution is 7.98. The standard InChI is InChI=1S/C19H25NO4S2/c1-13(2)14-6-10-17(11-7-14)26(23,24)20-18(12-21)19(22)15-4-8-16(25-3)9-5-15/h4-11,13,18-22H,12H2,1-3H3. The molecule has 0 amide bonds. The lowest BCUT2D eigenvalue weighted by Gasteiger charge is -2.23. The van der Waals surface area contributed by atoms with Crippen molar-refractivity contribution in [3.05, 3.63) is 59.7 Å². The van der Waals surface area contributed by atoms with E-state index in [1.54, 1.807) is 36.0 Å². The maximum Gasteiger partial charge on any atom is 0.240 e. The Balaban J connectivity index is 2.18. The van der Waals surface area contributed by atoms with Crippen molar-refractivity contribution in [1.82, 2.24) is 4.72 Å². The molecule has 0 heterocycles. The van der Waals surface area contributed by atoms with Crippen LogP contribution in [0.3, 0.4) is 0 Å². The third kappa shape index (κ3) is 5.08. The molecule has 142 valence electrons. The van der Waals surface area contributed by atoms with Crippen molar-refractivity contribution in [2.24, 2.45) is 0 Å². The molecule has 0 radical (unpaired) electrons. The third-order valence-electron chi connectivity index (χ3n) is 4.20. The summed E-state index contributed by atoms with van der Waals surface area (Å²) in [6.45, 7) is 3.54. The minimum Gasteiger partial charge on any atom is -0.395 e. The van der Waals surface area contributed by atoms with Gasteiger partial charge in [-0.3, -0.25) is 0 Å². The van der Waals surface area contributed by atoms with Crippen molar-refractivity contribution in [1.29, 1.82) is 0 Å². The summed E-state index contributed by atoms with van der Waals surface area (Å²) < 4.78 is 27.6. The van der Waals surface area contributed by atoms with Gasteiger partial charge in [0, 0.05) is 4.90 Å². The molecule has 0 aliphatic carbocycles. The van der Waals surface area contributed by atoms with Gasteiger partial charge < -0.3 is 10.2 Å². The number of rotatable bonds is 8. The Morgan fingerprint density at radius 1 is 1.00 bits per heavy atom. The molecular formula is C19H25NO4S2. The molecule has 0 fully saturated rings. The van der Waals surface area contributed by atoms with E-state index >= 15 is 0 Å². The second-order valence-electron chi connectivity index (χ2n) is 6.35. The number of nitrogens with one attached hydrogen (secondary N) is 1. The zero-order chi connectivity index (χ0) is 19.3. The lowest BCUT2D eigenvalue weighted by Crippen LogP contribution is -2.41. The molecule has 3 N–H and O–H groups in total. The summed E-state index contributed by atoms with van der Waals surface area (Å²) in [5.74, 6) is 0.302. The van der Waals surface area contributed by atoms with Crippen LogP contribution >= 0.6 is 11.8 Å². The zero-order valence-electron chi connectivity index (χ0n) is 15.1. The summed E-state index contributed by atoms with van der Waals surface area (Å²) in [4.78, 5) is 1.14. The quantitative estimate of drug-likeness (QED) is 0.598. The van der Waals surface area contributed by atoms with E-state index in [9.17, 15) is 18.6 Å². The van der Waals surface area contributed by atoms with Crippen LogP contribution in [-0.4, -0.2) is 37.5 Å². The Hall–Kier alpha value is -1.38. The lowest BCUT2D eigenvalue weighted by molar-refractivity contribution is 0.101. The molecule has 5 nitrogen and oxygen atoms in total. The highest BCUT2D eigenvalue weighted by Crippen LogP contribution is 2.23. The molecule has 0 saturated heterocycles. The van der Waals surface area contributed by atoms with Crippen molar-refractivity contribution in [2.45, 2.75) is 41.7 Å². The maximum absolute atomic E-state index is 12.6. The van der Waals surface area contributed by atoms with Gasteiger partial charge in [0.25, 0.3) is 0 Å². The van der Waals surface area contributed by atoms with E-state index in [1.807, 2.05) is 32.2 Å². The smallest absolute Gasteiger partial charge is 0.240 e. The number of sulfonamides is 1. The fraction of sp³-hybridized carbons (Fsp3) is 0.368. The molecule has 0 saturated carbocycles. The molecule has 0 bridgehead atoms. The molecule has 2 aromatic rings. The van der Waals surface area contributed by atoms with Crippen molar-refractivity contribution >= 4 is 21.8 Å². The summed E-state index contributed by atoms with van der Waals surface area (Å²) in [5.41, 5.74) is 1.58. The SMILES string of the molecule is CSc1ccc(C(O)C(CO)NS(=O)(=O)c2ccc(C(C)C)cc2)cc1. The number of hydrogen-bond donors (Lipinski definition) is 3. The first-order valence-electron chi connectivity index (χ1n) is 8.33. The molecule has 2 atom stereocenters. The molecule has 0 spiro atoms. The van der Waals surface area contributed by atoms with Crippen LogP contribution in [0.2, 0.25) is 0 Å². The first kappa shape index (κ1) is 20.9. The van der Waals surface area contributed by atoms with Gasteiger partial charge in [-0.1, -0.05) is 38.1 Å². The number of benzene rings is 2. The minimum absolute atomic E-state index is 0.102. The monoisotopic (exact) mass is 395 g/mol. The number of aliphatic hydroxyl groups excluding tert-OH is 2. The summed E-state index contributed by atoms with van der Waals surface area (Å²) >= 11 is 1.57. The van der Waals surface area contributed by atoms with Crippen LogP contribution in [0, 0.1) is 0 Å². The first-order chi connectivity index (χ1) is 12.3. The van der Waals surface area contributed by atoms with E-state index in [1.165, 1.54) is 12.1 Å². The summed E-state index contributed by atoms with van der Waals surface area (Å²) in [6.07, 6.45) is 0.793. The van der Waals surface area contributed by atoms with E-state index < -0.39 is 28.8 Å². The van der Waals surface area contributed by atoms with Crippen molar-refractivity contribution in [2.75, 3.05) is 12.9 Å². The molecular weight excluding hydrogens is 370 g/mol. The summed E-state index contributed by atoms with van der Waals surface area (Å²) in [6, 6.07) is 12.7. The highest BCUT2D eigenvalue weighted by Gasteiger charge is 2.26. The average molecular weight is 396 g/mol. The fourth-order valence-electron chi connectivity index (χ4n) is 2.53. The van der Waals surface area contributed by atoms with E-state index in [2.05, 4.69) is 4.72 Å². The van der Waals surface area contributed by atoms with Gasteiger partial charge in [-0.15, -0.1) is 11.8 Å². The Labute approximate surface area is 159 Å². The van der Waals surface area contributed by atoms with E-state index in [4.69, 9.17) is 0 Å². The van der Waals surface area contributed by atoms with Gasteiger partial charge in [0.1, 0.15) is 0 Å². The van der Waals surface area contributed by atoms with Crippen molar-refractivity contribution in [3.63, 3.8) is 0 Å². The topological polar surface area (TPSA) is 86.6 Å². The normalized spacial score (nSPS) is 14.4. The van der Waals surface area contributed by atoms with Gasteiger partial charge in [0.2, 0.25) is 10.0 Å². The second kappa shape index (κ2) is 9.01. The Bertz CT molecular complexity index is 802. The molecule has 2 rings (SSSR count). The van der Waals surface area contributed by atoms with Gasteiger partial charge in [-0.2, -0.15) is 0 Å². The molecule has 0 aliphatic rings. The van der Waals surface area contributed by atoms with E-state index in [-0.39, 0.29) is 4.90 Å². The average Bonchev–Trinajstić information content (AvgIpc) is 2.65. The predicted octanol–water partition coefficient (Wildman–Crippen LogP) is 2.90. The van der Waals surface area contributed by atoms with Crippen molar-refractivity contribution < 1.29 is 18.6 Å². The Morgan fingerprint density at radius 3 is 2.00 bits per heavy atom. The summed E-state index contributed by atoms with van der Waals surface area (Å²) in [5, 5.41) is 20.1. The number of thioether (sulfide) groups is 1. The van der Waals surface area contributed by atoms with Gasteiger partial charge in [-0.05, 0) is 47.6 Å². The Morgan fingerprint density at radius 2 is 1.54 bits per heavy atom. The van der Waals surface area contributed by atoms with Crippen LogP contribution in [0.1, 0.15) is 37.0 Å². The van der Waals surface area contributed by atoms with Crippen LogP contribution < -0.4 is 4.72 Å². The first-order valence-corrected chi connectivity index (χ1v) is 11.0. The second-order valence-corrected chi connectivity index (χ2v) is 8.95. The van der Waals surface area contributed by atoms with E-state index in [0.717, 1.165) is 10.5 Å². The van der Waals surface area contributed by atoms with Crippen LogP contribution in [0.4, 0.5) is 0 Å². The Kier molecular flexibility index (Phi) is 7.25. The molecule has 7 heteroatoms. The molecule has 2 aromatic carbocycles. The number of hydrogen-bond acceptors (Lipinski definition) is 5. The van der Waals surface area contributed by atoms with Gasteiger partial charge in [-0.25, -0.2) is 13.1 Å². The molecule has 2 unspecified atom stereocenters. The van der Waals surface area contributed by atoms with Crippen LogP contribution in [0.5, 0.6) is 0 Å². The minimum atomic E-state index is -3.85. The third-order valence-corrected chi connectivity index (χ3v) is 6.45. The molecule has 0 aromatic heterocycles. The van der Waals surface area contributed by atoms with Crippen LogP contribution in [0.25, 0.3) is 0 Å². The molecule has 0 aliphatic heterocycles. The number of aliphatic hydroxyl groups is 2. The maximum atomic E-state index is 12.6. The van der Waals surface area contributed by atoms with Gasteiger partial charge in [0.05, 0.1) is 23.6 Å². The lowest BCUT2D eigenvalue weighted by atomic mass is 10.0. The van der Waals surface area contributed by atoms with Gasteiger partial charge in [0.15, 0.2) is 0 Å². The largest absolute Gasteiger partial charge is 0.395 e. The fourth-order valence-corrected chi connectivity index (χ4v) is 4.17. The van der Waals surface area contributed by atoms with Gasteiger partial charge >= 0.3 is 0 Å². The zero-order valence-corrected chi connectivity index (χ0v) is 16.7. The van der Waals surface area contributed by atoms with E-state index in [0.29, 0.717) is 11.5 Å². The van der Waals surface area contributed by atoms with Crippen molar-refractivity contribution in [3.8, 4) is 0 Å². The highest BCUT2D eigenvalue weighted by atomic mass is 32.2. The molecule has 26 heavy (non-hydrogen) atoms. The summed E-state index contributed by atoms with van der Waals surface area (Å²) in [7, 11) is -3.85. The van der Waals surface area contributed by atoms with Crippen LogP contribution in [0.15, 0.2) is 58.3 Å².